The zero-order valence-corrected chi connectivity index (χ0v) is 17.6. The molecule has 2 heterocycles. The van der Waals surface area contributed by atoms with Gasteiger partial charge in [0.1, 0.15) is 6.10 Å². The third-order valence-electron chi connectivity index (χ3n) is 5.68. The maximum Gasteiger partial charge on any atom is 0.317 e. The predicted molar refractivity (Wildman–Crippen MR) is 116 cm³/mol. The van der Waals surface area contributed by atoms with E-state index in [2.05, 4.69) is 22.6 Å². The van der Waals surface area contributed by atoms with Gasteiger partial charge >= 0.3 is 5.97 Å². The van der Waals surface area contributed by atoms with E-state index in [9.17, 15) is 9.90 Å². The van der Waals surface area contributed by atoms with Crippen molar-refractivity contribution in [1.82, 2.24) is 10.3 Å². The molecule has 30 heavy (non-hydrogen) atoms. The molecule has 1 aromatic rings. The van der Waals surface area contributed by atoms with Crippen LogP contribution in [0.15, 0.2) is 34.5 Å². The Hall–Kier alpha value is -2.45. The summed E-state index contributed by atoms with van der Waals surface area (Å²) in [6.07, 6.45) is 6.17. The lowest BCUT2D eigenvalue weighted by atomic mass is 9.84. The van der Waals surface area contributed by atoms with Crippen molar-refractivity contribution < 1.29 is 19.8 Å². The molecule has 1 unspecified atom stereocenters. The fourth-order valence-corrected chi connectivity index (χ4v) is 3.86. The van der Waals surface area contributed by atoms with Gasteiger partial charge in [-0.2, -0.15) is 5.10 Å². The predicted octanol–water partition coefficient (Wildman–Crippen LogP) is 2.20. The summed E-state index contributed by atoms with van der Waals surface area (Å²) in [6.45, 7) is 4.22. The Morgan fingerprint density at radius 1 is 1.37 bits per heavy atom. The lowest BCUT2D eigenvalue weighted by molar-refractivity contribution is -0.140. The van der Waals surface area contributed by atoms with Crippen molar-refractivity contribution in [2.45, 2.75) is 57.2 Å². The van der Waals surface area contributed by atoms with Crippen molar-refractivity contribution in [3.05, 3.63) is 35.4 Å². The number of hydrogen-bond donors (Lipinski definition) is 3. The van der Waals surface area contributed by atoms with Gasteiger partial charge in [0.2, 0.25) is 0 Å². The van der Waals surface area contributed by atoms with Crippen molar-refractivity contribution >= 4 is 17.9 Å². The van der Waals surface area contributed by atoms with Crippen molar-refractivity contribution in [1.29, 1.82) is 0 Å². The zero-order valence-electron chi connectivity index (χ0n) is 17.6. The van der Waals surface area contributed by atoms with Gasteiger partial charge in [-0.15, -0.1) is 0 Å². The van der Waals surface area contributed by atoms with Crippen LogP contribution in [0.25, 0.3) is 0 Å². The summed E-state index contributed by atoms with van der Waals surface area (Å²) in [7, 11) is 0. The molecule has 3 N–H and O–H groups in total. The summed E-state index contributed by atoms with van der Waals surface area (Å²) >= 11 is 0. The van der Waals surface area contributed by atoms with Crippen molar-refractivity contribution in [3.8, 4) is 0 Å². The average Bonchev–Trinajstić information content (AvgIpc) is 3.18. The van der Waals surface area contributed by atoms with E-state index in [-0.39, 0.29) is 12.6 Å². The Labute approximate surface area is 177 Å². The SMILES string of the molecule is CCCCNN=Cc1ccc(C2=NOC(CC3(O)CCN(CC(=O)O)CC3)C2)cc1. The van der Waals surface area contributed by atoms with E-state index in [4.69, 9.17) is 9.94 Å². The van der Waals surface area contributed by atoms with Crippen molar-refractivity contribution in [2.75, 3.05) is 26.2 Å². The summed E-state index contributed by atoms with van der Waals surface area (Å²) in [5.74, 6) is -0.831. The third-order valence-corrected chi connectivity index (χ3v) is 5.68. The van der Waals surface area contributed by atoms with Gasteiger partial charge in [0.25, 0.3) is 0 Å². The Bertz CT molecular complexity index is 755. The molecule has 0 saturated carbocycles. The molecule has 2 aliphatic heterocycles. The Morgan fingerprint density at radius 3 is 2.77 bits per heavy atom. The summed E-state index contributed by atoms with van der Waals surface area (Å²) < 4.78 is 0. The molecule has 0 bridgehead atoms. The number of hydrazone groups is 1. The second kappa shape index (κ2) is 10.5. The van der Waals surface area contributed by atoms with Crippen LogP contribution >= 0.6 is 0 Å². The zero-order chi connectivity index (χ0) is 21.4. The molecule has 2 aliphatic rings. The topological polar surface area (TPSA) is 107 Å². The number of aliphatic hydroxyl groups is 1. The standard InChI is InChI=1S/C22H32N4O4/c1-2-3-10-23-24-15-17-4-6-18(7-5-17)20-13-19(30-25-20)14-22(29)8-11-26(12-9-22)16-21(27)28/h4-7,15,19,23,29H,2-3,8-14,16H2,1H3,(H,27,28). The highest BCUT2D eigenvalue weighted by molar-refractivity contribution is 6.01. The average molecular weight is 417 g/mol. The molecule has 0 radical (unpaired) electrons. The first kappa shape index (κ1) is 22.2. The molecule has 8 nitrogen and oxygen atoms in total. The van der Waals surface area contributed by atoms with Gasteiger partial charge in [-0.1, -0.05) is 42.8 Å². The van der Waals surface area contributed by atoms with E-state index in [0.717, 1.165) is 36.2 Å². The molecule has 8 heteroatoms. The number of nitrogens with zero attached hydrogens (tertiary/aromatic N) is 3. The fourth-order valence-electron chi connectivity index (χ4n) is 3.86. The van der Waals surface area contributed by atoms with Crippen LogP contribution < -0.4 is 5.43 Å². The lowest BCUT2D eigenvalue weighted by Crippen LogP contribution is -2.47. The van der Waals surface area contributed by atoms with Crippen LogP contribution in [-0.4, -0.2) is 70.9 Å². The molecular weight excluding hydrogens is 384 g/mol. The fraction of sp³-hybridized carbons (Fsp3) is 0.591. The van der Waals surface area contributed by atoms with Gasteiger partial charge < -0.3 is 20.5 Å². The molecule has 1 atom stereocenters. The Balaban J connectivity index is 1.45. The summed E-state index contributed by atoms with van der Waals surface area (Å²) in [6, 6.07) is 8.03. The number of carboxylic acids is 1. The van der Waals surface area contributed by atoms with Gasteiger partial charge in [0, 0.05) is 32.5 Å². The number of oxime groups is 1. The summed E-state index contributed by atoms with van der Waals surface area (Å²) in [5.41, 5.74) is 5.12. The minimum atomic E-state index is -0.831. The van der Waals surface area contributed by atoms with Gasteiger partial charge in [0.15, 0.2) is 0 Å². The first-order chi connectivity index (χ1) is 14.5. The van der Waals surface area contributed by atoms with E-state index >= 15 is 0 Å². The van der Waals surface area contributed by atoms with Gasteiger partial charge in [0.05, 0.1) is 24.1 Å². The molecule has 0 aromatic heterocycles. The monoisotopic (exact) mass is 416 g/mol. The van der Waals surface area contributed by atoms with E-state index in [1.807, 2.05) is 29.2 Å². The highest BCUT2D eigenvalue weighted by atomic mass is 16.6. The minimum Gasteiger partial charge on any atom is -0.480 e. The number of hydrogen-bond acceptors (Lipinski definition) is 7. The van der Waals surface area contributed by atoms with Crippen LogP contribution in [0.5, 0.6) is 0 Å². The van der Waals surface area contributed by atoms with Gasteiger partial charge in [-0.05, 0) is 30.4 Å². The summed E-state index contributed by atoms with van der Waals surface area (Å²) in [5, 5.41) is 28.2. The van der Waals surface area contributed by atoms with Crippen LogP contribution in [0, 0.1) is 0 Å². The Kier molecular flexibility index (Phi) is 7.81. The van der Waals surface area contributed by atoms with Crippen LogP contribution in [-0.2, 0) is 9.63 Å². The molecule has 0 spiro atoms. The van der Waals surface area contributed by atoms with Crippen molar-refractivity contribution in [2.24, 2.45) is 10.3 Å². The van der Waals surface area contributed by atoms with E-state index < -0.39 is 11.6 Å². The summed E-state index contributed by atoms with van der Waals surface area (Å²) in [4.78, 5) is 18.3. The number of piperidine rings is 1. The van der Waals surface area contributed by atoms with Gasteiger partial charge in [-0.25, -0.2) is 0 Å². The molecule has 164 valence electrons. The maximum atomic E-state index is 10.9. The lowest BCUT2D eigenvalue weighted by Gasteiger charge is -2.38. The van der Waals surface area contributed by atoms with Crippen LogP contribution in [0.1, 0.15) is 56.6 Å². The quantitative estimate of drug-likeness (QED) is 0.307. The number of benzene rings is 1. The second-order valence-electron chi connectivity index (χ2n) is 8.21. The highest BCUT2D eigenvalue weighted by Gasteiger charge is 2.37. The number of rotatable bonds is 10. The Morgan fingerprint density at radius 2 is 2.10 bits per heavy atom. The van der Waals surface area contributed by atoms with Crippen LogP contribution in [0.3, 0.4) is 0 Å². The smallest absolute Gasteiger partial charge is 0.317 e. The molecule has 0 aliphatic carbocycles. The van der Waals surface area contributed by atoms with E-state index in [1.165, 1.54) is 0 Å². The number of nitrogens with one attached hydrogen (secondary N) is 1. The van der Waals surface area contributed by atoms with E-state index in [0.29, 0.717) is 38.8 Å². The number of carbonyl (C=O) groups is 1. The molecule has 1 fully saturated rings. The molecule has 0 amide bonds. The number of likely N-dealkylation sites (tertiary alicyclic amines) is 1. The maximum absolute atomic E-state index is 10.9. The van der Waals surface area contributed by atoms with Crippen LogP contribution in [0.2, 0.25) is 0 Å². The number of aliphatic carboxylic acids is 1. The molecule has 1 saturated heterocycles. The van der Waals surface area contributed by atoms with Crippen LogP contribution in [0.4, 0.5) is 0 Å². The number of unbranched alkanes of at least 4 members (excludes halogenated alkanes) is 1. The normalized spacial score (nSPS) is 21.4. The van der Waals surface area contributed by atoms with E-state index in [1.54, 1.807) is 6.21 Å². The first-order valence-electron chi connectivity index (χ1n) is 10.7. The first-order valence-corrected chi connectivity index (χ1v) is 10.7. The second-order valence-corrected chi connectivity index (χ2v) is 8.21. The molecular formula is C22H32N4O4. The van der Waals surface area contributed by atoms with Crippen molar-refractivity contribution in [3.63, 3.8) is 0 Å². The largest absolute Gasteiger partial charge is 0.480 e. The molecule has 1 aromatic carbocycles. The third kappa shape index (κ3) is 6.53. The number of carboxylic acid groups (broad SMARTS) is 1. The van der Waals surface area contributed by atoms with Gasteiger partial charge in [-0.3, -0.25) is 9.69 Å². The minimum absolute atomic E-state index is 0.0266. The molecule has 3 rings (SSSR count). The highest BCUT2D eigenvalue weighted by Crippen LogP contribution is 2.31.